The van der Waals surface area contributed by atoms with Gasteiger partial charge in [0.15, 0.2) is 5.78 Å². The van der Waals surface area contributed by atoms with Crippen molar-refractivity contribution in [2.24, 2.45) is 0 Å². The first-order valence-electron chi connectivity index (χ1n) is 9.17. The molecule has 1 heterocycles. The van der Waals surface area contributed by atoms with Crippen LogP contribution in [0.3, 0.4) is 0 Å². The fourth-order valence-corrected chi connectivity index (χ4v) is 3.47. The van der Waals surface area contributed by atoms with Gasteiger partial charge in [0.25, 0.3) is 5.56 Å². The van der Waals surface area contributed by atoms with E-state index in [2.05, 4.69) is 15.9 Å². The molecular formula is C23H19BrN2O4. The summed E-state index contributed by atoms with van der Waals surface area (Å²) in [6.45, 7) is 1.62. The van der Waals surface area contributed by atoms with Crippen molar-refractivity contribution in [2.45, 2.75) is 19.9 Å². The van der Waals surface area contributed by atoms with Crippen molar-refractivity contribution in [3.63, 3.8) is 0 Å². The third kappa shape index (κ3) is 4.14. The Bertz CT molecular complexity index is 1190. The molecule has 0 spiro atoms. The van der Waals surface area contributed by atoms with Crippen LogP contribution in [0, 0.1) is 18.3 Å². The normalized spacial score (nSPS) is 10.5. The topological polar surface area (TPSA) is 92.3 Å². The molecule has 6 nitrogen and oxygen atoms in total. The Morgan fingerprint density at radius 2 is 1.80 bits per heavy atom. The summed E-state index contributed by atoms with van der Waals surface area (Å²) in [6.07, 6.45) is 0.428. The molecule has 0 aliphatic carbocycles. The van der Waals surface area contributed by atoms with E-state index in [0.29, 0.717) is 17.7 Å². The number of halogens is 1. The molecule has 1 aromatic heterocycles. The van der Waals surface area contributed by atoms with E-state index in [1.54, 1.807) is 43.5 Å². The summed E-state index contributed by atoms with van der Waals surface area (Å²) in [4.78, 5) is 25.8. The van der Waals surface area contributed by atoms with Gasteiger partial charge in [0.2, 0.25) is 5.88 Å². The predicted octanol–water partition coefficient (Wildman–Crippen LogP) is 3.98. The highest BCUT2D eigenvalue weighted by Gasteiger charge is 2.24. The van der Waals surface area contributed by atoms with Gasteiger partial charge in [0.05, 0.1) is 12.7 Å². The first-order valence-corrected chi connectivity index (χ1v) is 9.96. The second kappa shape index (κ2) is 8.97. The van der Waals surface area contributed by atoms with Crippen molar-refractivity contribution < 1.29 is 14.6 Å². The Morgan fingerprint density at radius 3 is 2.37 bits per heavy atom. The summed E-state index contributed by atoms with van der Waals surface area (Å²) in [5.41, 5.74) is 0.635. The van der Waals surface area contributed by atoms with Gasteiger partial charge in [-0.15, -0.1) is 0 Å². The lowest BCUT2D eigenvalue weighted by Gasteiger charge is -2.16. The second-order valence-corrected chi connectivity index (χ2v) is 7.62. The first-order chi connectivity index (χ1) is 14.4. The highest BCUT2D eigenvalue weighted by Crippen LogP contribution is 2.26. The number of nitriles is 1. The van der Waals surface area contributed by atoms with Gasteiger partial charge < -0.3 is 9.84 Å². The molecule has 0 aliphatic rings. The van der Waals surface area contributed by atoms with Crippen LogP contribution in [0.1, 0.15) is 32.6 Å². The molecule has 7 heteroatoms. The molecule has 152 valence electrons. The maximum absolute atomic E-state index is 13.1. The number of nitrogens with zero attached hydrogens (tertiary/aromatic N) is 2. The zero-order chi connectivity index (χ0) is 21.8. The van der Waals surface area contributed by atoms with Crippen LogP contribution >= 0.6 is 15.9 Å². The smallest absolute Gasteiger partial charge is 0.271 e. The molecule has 0 fully saturated rings. The number of ether oxygens (including phenoxy) is 1. The number of carbonyl (C=O) groups is 1. The van der Waals surface area contributed by atoms with Crippen LogP contribution in [-0.2, 0) is 13.0 Å². The van der Waals surface area contributed by atoms with E-state index < -0.39 is 17.2 Å². The molecule has 0 bridgehead atoms. The second-order valence-electron chi connectivity index (χ2n) is 6.70. The third-order valence-electron chi connectivity index (χ3n) is 4.92. The van der Waals surface area contributed by atoms with Crippen molar-refractivity contribution in [3.05, 3.63) is 91.2 Å². The van der Waals surface area contributed by atoms with Gasteiger partial charge in [0, 0.05) is 16.6 Å². The maximum atomic E-state index is 13.1. The van der Waals surface area contributed by atoms with Crippen molar-refractivity contribution >= 4 is 21.7 Å². The van der Waals surface area contributed by atoms with Gasteiger partial charge in [-0.1, -0.05) is 28.1 Å². The van der Waals surface area contributed by atoms with Gasteiger partial charge in [-0.05, 0) is 60.9 Å². The zero-order valence-electron chi connectivity index (χ0n) is 16.5. The summed E-state index contributed by atoms with van der Waals surface area (Å²) in [7, 11) is 1.58. The van der Waals surface area contributed by atoms with E-state index in [9.17, 15) is 20.0 Å². The Hall–Kier alpha value is -3.37. The number of benzene rings is 2. The Balaban J connectivity index is 2.03. The van der Waals surface area contributed by atoms with E-state index in [0.717, 1.165) is 14.6 Å². The Kier molecular flexibility index (Phi) is 6.38. The number of pyridine rings is 1. The van der Waals surface area contributed by atoms with Crippen molar-refractivity contribution in [2.75, 3.05) is 7.11 Å². The van der Waals surface area contributed by atoms with Crippen LogP contribution in [0.2, 0.25) is 0 Å². The Labute approximate surface area is 182 Å². The van der Waals surface area contributed by atoms with Crippen LogP contribution in [0.5, 0.6) is 11.6 Å². The van der Waals surface area contributed by atoms with E-state index >= 15 is 0 Å². The summed E-state index contributed by atoms with van der Waals surface area (Å²) in [6, 6.07) is 15.9. The average molecular weight is 467 g/mol. The molecule has 0 amide bonds. The fourth-order valence-electron chi connectivity index (χ4n) is 3.21. The molecule has 2 aromatic carbocycles. The van der Waals surface area contributed by atoms with Crippen LogP contribution in [0.4, 0.5) is 0 Å². The molecule has 0 saturated heterocycles. The fraction of sp³-hybridized carbons (Fsp3) is 0.174. The van der Waals surface area contributed by atoms with E-state index in [1.165, 1.54) is 6.92 Å². The quantitative estimate of drug-likeness (QED) is 0.554. The molecule has 0 aliphatic heterocycles. The number of carbonyl (C=O) groups excluding carboxylic acids is 1. The van der Waals surface area contributed by atoms with Crippen LogP contribution < -0.4 is 10.3 Å². The van der Waals surface area contributed by atoms with Gasteiger partial charge >= 0.3 is 0 Å². The number of aromatic nitrogens is 1. The summed E-state index contributed by atoms with van der Waals surface area (Å²) in [5, 5.41) is 20.3. The molecular weight excluding hydrogens is 448 g/mol. The molecule has 0 atom stereocenters. The highest BCUT2D eigenvalue weighted by molar-refractivity contribution is 9.10. The minimum atomic E-state index is -0.617. The average Bonchev–Trinajstić information content (AvgIpc) is 2.74. The van der Waals surface area contributed by atoms with Gasteiger partial charge in [0.1, 0.15) is 17.4 Å². The first kappa shape index (κ1) is 21.3. The van der Waals surface area contributed by atoms with Crippen molar-refractivity contribution in [1.82, 2.24) is 4.57 Å². The van der Waals surface area contributed by atoms with Crippen LogP contribution in [0.15, 0.2) is 57.8 Å². The summed E-state index contributed by atoms with van der Waals surface area (Å²) < 4.78 is 7.03. The number of hydrogen-bond acceptors (Lipinski definition) is 5. The van der Waals surface area contributed by atoms with Gasteiger partial charge in [-0.3, -0.25) is 14.2 Å². The van der Waals surface area contributed by atoms with Crippen molar-refractivity contribution in [3.8, 4) is 17.7 Å². The monoisotopic (exact) mass is 466 g/mol. The summed E-state index contributed by atoms with van der Waals surface area (Å²) >= 11 is 3.32. The number of aryl methyl sites for hydroxylation is 1. The van der Waals surface area contributed by atoms with Gasteiger partial charge in [-0.2, -0.15) is 5.26 Å². The largest absolute Gasteiger partial charge is 0.497 e. The van der Waals surface area contributed by atoms with E-state index in [-0.39, 0.29) is 23.2 Å². The molecule has 0 radical (unpaired) electrons. The van der Waals surface area contributed by atoms with E-state index in [4.69, 9.17) is 4.74 Å². The van der Waals surface area contributed by atoms with Gasteiger partial charge in [-0.25, -0.2) is 0 Å². The van der Waals surface area contributed by atoms with E-state index in [1.807, 2.05) is 18.2 Å². The number of ketones is 1. The lowest BCUT2D eigenvalue weighted by atomic mass is 9.97. The lowest BCUT2D eigenvalue weighted by molar-refractivity contribution is 0.103. The molecule has 3 rings (SSSR count). The minimum Gasteiger partial charge on any atom is -0.497 e. The molecule has 3 aromatic rings. The molecule has 30 heavy (non-hydrogen) atoms. The predicted molar refractivity (Wildman–Crippen MR) is 116 cm³/mol. The molecule has 0 saturated carbocycles. The highest BCUT2D eigenvalue weighted by atomic mass is 79.9. The summed E-state index contributed by atoms with van der Waals surface area (Å²) in [5.74, 6) is -0.173. The SMILES string of the molecule is COc1ccc(CCn2c(O)c(C(=O)c3ccc(Br)cc3)c(C)c(C#N)c2=O)cc1. The Morgan fingerprint density at radius 1 is 1.17 bits per heavy atom. The number of rotatable bonds is 6. The maximum Gasteiger partial charge on any atom is 0.271 e. The van der Waals surface area contributed by atoms with Crippen LogP contribution in [-0.4, -0.2) is 22.6 Å². The lowest BCUT2D eigenvalue weighted by Crippen LogP contribution is -2.27. The standard InChI is InChI=1S/C23H19BrN2O4/c1-14-19(13-25)22(28)26(12-11-15-3-9-18(30-2)10-4-15)23(29)20(14)21(27)16-5-7-17(24)8-6-16/h3-10,29H,11-12H2,1-2H3. The molecule has 0 unspecified atom stereocenters. The third-order valence-corrected chi connectivity index (χ3v) is 5.45. The van der Waals surface area contributed by atoms with Crippen molar-refractivity contribution in [1.29, 1.82) is 5.26 Å². The number of hydrogen-bond donors (Lipinski definition) is 1. The van der Waals surface area contributed by atoms with Crippen LogP contribution in [0.25, 0.3) is 0 Å². The minimum absolute atomic E-state index is 0.0387. The zero-order valence-corrected chi connectivity index (χ0v) is 18.1. The number of aromatic hydroxyl groups is 1. The molecule has 1 N–H and O–H groups in total. The number of methoxy groups -OCH3 is 1.